The lowest BCUT2D eigenvalue weighted by atomic mass is 9.92. The van der Waals surface area contributed by atoms with Gasteiger partial charge in [-0.05, 0) is 38.8 Å². The third-order valence-electron chi connectivity index (χ3n) is 3.08. The van der Waals surface area contributed by atoms with Crippen LogP contribution in [-0.4, -0.2) is 25.5 Å². The maximum absolute atomic E-state index is 2.37. The molecule has 0 aromatic carbocycles. The highest BCUT2D eigenvalue weighted by atomic mass is 15.1. The molecule has 1 heteroatoms. The minimum absolute atomic E-state index is 0.913. The zero-order valence-corrected chi connectivity index (χ0v) is 10.8. The van der Waals surface area contributed by atoms with Gasteiger partial charge >= 0.3 is 0 Å². The fourth-order valence-corrected chi connectivity index (χ4v) is 1.98. The summed E-state index contributed by atoms with van der Waals surface area (Å²) in [6.07, 6.45) is 6.89. The first-order chi connectivity index (χ1) is 6.60. The van der Waals surface area contributed by atoms with Crippen LogP contribution in [0.25, 0.3) is 0 Å². The van der Waals surface area contributed by atoms with Crippen LogP contribution in [0.15, 0.2) is 0 Å². The minimum atomic E-state index is 0.913. The van der Waals surface area contributed by atoms with Crippen LogP contribution in [0.3, 0.4) is 0 Å². The van der Waals surface area contributed by atoms with E-state index in [2.05, 4.69) is 39.8 Å². The number of hydrogen-bond acceptors (Lipinski definition) is 1. The van der Waals surface area contributed by atoms with Crippen molar-refractivity contribution in [3.63, 3.8) is 0 Å². The Kier molecular flexibility index (Phi) is 8.26. The van der Waals surface area contributed by atoms with Gasteiger partial charge in [0, 0.05) is 6.54 Å². The summed E-state index contributed by atoms with van der Waals surface area (Å²) in [4.78, 5) is 2.33. The molecule has 2 atom stereocenters. The molecule has 1 nitrogen and oxygen atoms in total. The van der Waals surface area contributed by atoms with Crippen LogP contribution in [0.2, 0.25) is 0 Å². The Morgan fingerprint density at radius 1 is 1.00 bits per heavy atom. The van der Waals surface area contributed by atoms with Gasteiger partial charge in [-0.15, -0.1) is 0 Å². The molecule has 0 aromatic rings. The molecule has 0 bridgehead atoms. The zero-order chi connectivity index (χ0) is 11.0. The molecule has 0 amide bonds. The Hall–Kier alpha value is -0.0400. The molecule has 0 radical (unpaired) electrons. The van der Waals surface area contributed by atoms with Gasteiger partial charge in [0.15, 0.2) is 0 Å². The van der Waals surface area contributed by atoms with E-state index in [0.717, 1.165) is 11.8 Å². The molecule has 0 saturated heterocycles. The summed E-state index contributed by atoms with van der Waals surface area (Å²) < 4.78 is 0. The molecule has 0 aliphatic carbocycles. The van der Waals surface area contributed by atoms with E-state index < -0.39 is 0 Å². The largest absolute Gasteiger partial charge is 0.309 e. The highest BCUT2D eigenvalue weighted by molar-refractivity contribution is 4.64. The summed E-state index contributed by atoms with van der Waals surface area (Å²) in [7, 11) is 4.37. The average Bonchev–Trinajstić information content (AvgIpc) is 2.13. The lowest BCUT2D eigenvalue weighted by molar-refractivity contribution is 0.281. The number of rotatable bonds is 8. The molecular weight excluding hydrogens is 170 g/mol. The van der Waals surface area contributed by atoms with E-state index in [4.69, 9.17) is 0 Å². The van der Waals surface area contributed by atoms with Gasteiger partial charge in [-0.25, -0.2) is 0 Å². The summed E-state index contributed by atoms with van der Waals surface area (Å²) in [6.45, 7) is 8.24. The third kappa shape index (κ3) is 7.37. The predicted molar refractivity (Wildman–Crippen MR) is 65.6 cm³/mol. The summed E-state index contributed by atoms with van der Waals surface area (Å²) in [5.74, 6) is 1.83. The first kappa shape index (κ1) is 14.0. The monoisotopic (exact) mass is 199 g/mol. The molecule has 0 saturated carbocycles. The van der Waals surface area contributed by atoms with Crippen LogP contribution >= 0.6 is 0 Å². The molecule has 0 spiro atoms. The van der Waals surface area contributed by atoms with Crippen molar-refractivity contribution >= 4 is 0 Å². The summed E-state index contributed by atoms with van der Waals surface area (Å²) >= 11 is 0. The molecular formula is C13H29N. The van der Waals surface area contributed by atoms with Crippen molar-refractivity contribution in [3.05, 3.63) is 0 Å². The van der Waals surface area contributed by atoms with Crippen LogP contribution in [0.4, 0.5) is 0 Å². The van der Waals surface area contributed by atoms with E-state index in [9.17, 15) is 0 Å². The first-order valence-corrected chi connectivity index (χ1v) is 6.24. The molecule has 0 aliphatic rings. The van der Waals surface area contributed by atoms with E-state index in [-0.39, 0.29) is 0 Å². The molecule has 86 valence electrons. The van der Waals surface area contributed by atoms with E-state index in [1.165, 1.54) is 38.6 Å². The second-order valence-electron chi connectivity index (χ2n) is 5.01. The summed E-state index contributed by atoms with van der Waals surface area (Å²) in [5, 5.41) is 0. The molecule has 0 aromatic heterocycles. The molecule has 0 rings (SSSR count). The standard InChI is InChI=1S/C13H29N/c1-6-8-13(11-14(4)5)10-9-12(3)7-2/h12-13H,6-11H2,1-5H3. The molecule has 0 heterocycles. The van der Waals surface area contributed by atoms with Crippen molar-refractivity contribution in [1.29, 1.82) is 0 Å². The zero-order valence-electron chi connectivity index (χ0n) is 10.8. The Morgan fingerprint density at radius 3 is 2.07 bits per heavy atom. The van der Waals surface area contributed by atoms with Gasteiger partial charge in [0.05, 0.1) is 0 Å². The fourth-order valence-electron chi connectivity index (χ4n) is 1.98. The van der Waals surface area contributed by atoms with Crippen molar-refractivity contribution < 1.29 is 0 Å². The number of hydrogen-bond donors (Lipinski definition) is 0. The van der Waals surface area contributed by atoms with Crippen LogP contribution in [0.1, 0.15) is 52.9 Å². The first-order valence-electron chi connectivity index (χ1n) is 6.24. The van der Waals surface area contributed by atoms with Crippen LogP contribution in [0, 0.1) is 11.8 Å². The molecule has 0 fully saturated rings. The fraction of sp³-hybridized carbons (Fsp3) is 1.00. The lowest BCUT2D eigenvalue weighted by Crippen LogP contribution is -2.22. The van der Waals surface area contributed by atoms with E-state index in [0.29, 0.717) is 0 Å². The van der Waals surface area contributed by atoms with Crippen molar-refractivity contribution in [2.45, 2.75) is 52.9 Å². The van der Waals surface area contributed by atoms with Gasteiger partial charge in [0.25, 0.3) is 0 Å². The van der Waals surface area contributed by atoms with Gasteiger partial charge in [-0.1, -0.05) is 40.0 Å². The van der Waals surface area contributed by atoms with Crippen molar-refractivity contribution in [3.8, 4) is 0 Å². The second-order valence-corrected chi connectivity index (χ2v) is 5.01. The lowest BCUT2D eigenvalue weighted by Gasteiger charge is -2.21. The number of nitrogens with zero attached hydrogens (tertiary/aromatic N) is 1. The highest BCUT2D eigenvalue weighted by Gasteiger charge is 2.10. The smallest absolute Gasteiger partial charge is 0.000356 e. The van der Waals surface area contributed by atoms with E-state index in [1.54, 1.807) is 0 Å². The van der Waals surface area contributed by atoms with Crippen LogP contribution in [0.5, 0.6) is 0 Å². The van der Waals surface area contributed by atoms with Gasteiger partial charge in [0.1, 0.15) is 0 Å². The van der Waals surface area contributed by atoms with E-state index in [1.807, 2.05) is 0 Å². The Balaban J connectivity index is 3.72. The van der Waals surface area contributed by atoms with Gasteiger partial charge in [0.2, 0.25) is 0 Å². The Bertz CT molecular complexity index is 120. The SMILES string of the molecule is CCCC(CCC(C)CC)CN(C)C. The minimum Gasteiger partial charge on any atom is -0.309 e. The van der Waals surface area contributed by atoms with Gasteiger partial charge < -0.3 is 4.90 Å². The second kappa shape index (κ2) is 8.28. The van der Waals surface area contributed by atoms with Gasteiger partial charge in [-0.3, -0.25) is 0 Å². The molecule has 0 N–H and O–H groups in total. The highest BCUT2D eigenvalue weighted by Crippen LogP contribution is 2.19. The van der Waals surface area contributed by atoms with Crippen LogP contribution < -0.4 is 0 Å². The van der Waals surface area contributed by atoms with E-state index >= 15 is 0 Å². The predicted octanol–water partition coefficient (Wildman–Crippen LogP) is 3.79. The van der Waals surface area contributed by atoms with Gasteiger partial charge in [-0.2, -0.15) is 0 Å². The summed E-state index contributed by atoms with van der Waals surface area (Å²) in [6, 6.07) is 0. The van der Waals surface area contributed by atoms with Crippen molar-refractivity contribution in [2.24, 2.45) is 11.8 Å². The average molecular weight is 199 g/mol. The maximum atomic E-state index is 2.37. The van der Waals surface area contributed by atoms with Crippen LogP contribution in [-0.2, 0) is 0 Å². The Morgan fingerprint density at radius 2 is 1.64 bits per heavy atom. The molecule has 0 aliphatic heterocycles. The Labute approximate surface area is 90.9 Å². The topological polar surface area (TPSA) is 3.24 Å². The summed E-state index contributed by atoms with van der Waals surface area (Å²) in [5.41, 5.74) is 0. The molecule has 14 heavy (non-hydrogen) atoms. The quantitative estimate of drug-likeness (QED) is 0.575. The van der Waals surface area contributed by atoms with Crippen molar-refractivity contribution in [1.82, 2.24) is 4.90 Å². The van der Waals surface area contributed by atoms with Crippen molar-refractivity contribution in [2.75, 3.05) is 20.6 Å². The molecule has 2 unspecified atom stereocenters. The normalized spacial score (nSPS) is 15.9. The third-order valence-corrected chi connectivity index (χ3v) is 3.08. The maximum Gasteiger partial charge on any atom is 0.000356 e.